The molecule has 2 rings (SSSR count). The van der Waals surface area contributed by atoms with Crippen LogP contribution in [0.3, 0.4) is 0 Å². The van der Waals surface area contributed by atoms with E-state index in [-0.39, 0.29) is 0 Å². The molecule has 0 aliphatic heterocycles. The first-order valence-electron chi connectivity index (χ1n) is 7.16. The highest BCUT2D eigenvalue weighted by Crippen LogP contribution is 2.30. The minimum atomic E-state index is 0.534. The molecule has 1 aliphatic rings. The summed E-state index contributed by atoms with van der Waals surface area (Å²) in [5.41, 5.74) is 0. The lowest BCUT2D eigenvalue weighted by atomic mass is 9.80. The first-order valence-corrected chi connectivity index (χ1v) is 7.16. The van der Waals surface area contributed by atoms with E-state index in [4.69, 9.17) is 4.74 Å². The molecule has 4 heteroatoms. The molecule has 1 N–H and O–H groups in total. The first kappa shape index (κ1) is 13.4. The second-order valence-electron chi connectivity index (χ2n) is 5.12. The van der Waals surface area contributed by atoms with Gasteiger partial charge >= 0.3 is 0 Å². The number of imidazole rings is 1. The van der Waals surface area contributed by atoms with Gasteiger partial charge in [0.05, 0.1) is 0 Å². The summed E-state index contributed by atoms with van der Waals surface area (Å²) in [5, 5.41) is 3.54. The standard InChI is InChI=1S/C14H25N3O/c1-3-18-11-5-9-17-10-8-15-14(17)16-12(2)13-6-4-7-13/h8,10,12-13H,3-7,9,11H2,1-2H3,(H,15,16). The second kappa shape index (κ2) is 6.78. The molecule has 0 bridgehead atoms. The topological polar surface area (TPSA) is 39.1 Å². The molecule has 0 aromatic carbocycles. The predicted molar refractivity (Wildman–Crippen MR) is 73.8 cm³/mol. The van der Waals surface area contributed by atoms with Gasteiger partial charge in [0.1, 0.15) is 0 Å². The molecule has 102 valence electrons. The minimum absolute atomic E-state index is 0.534. The molecule has 1 aromatic heterocycles. The largest absolute Gasteiger partial charge is 0.382 e. The van der Waals surface area contributed by atoms with Gasteiger partial charge in [0.2, 0.25) is 5.95 Å². The lowest BCUT2D eigenvalue weighted by Crippen LogP contribution is -2.31. The van der Waals surface area contributed by atoms with Crippen molar-refractivity contribution in [3.63, 3.8) is 0 Å². The molecule has 0 radical (unpaired) electrons. The Morgan fingerprint density at radius 3 is 3.06 bits per heavy atom. The second-order valence-corrected chi connectivity index (χ2v) is 5.12. The summed E-state index contributed by atoms with van der Waals surface area (Å²) in [6, 6.07) is 0.534. The SMILES string of the molecule is CCOCCCn1ccnc1NC(C)C1CCC1. The Balaban J connectivity index is 1.79. The van der Waals surface area contributed by atoms with Crippen molar-refractivity contribution in [1.82, 2.24) is 9.55 Å². The molecule has 0 saturated heterocycles. The number of nitrogens with zero attached hydrogens (tertiary/aromatic N) is 2. The van der Waals surface area contributed by atoms with Crippen molar-refractivity contribution in [2.75, 3.05) is 18.5 Å². The van der Waals surface area contributed by atoms with Gasteiger partial charge in [0.25, 0.3) is 0 Å². The summed E-state index contributed by atoms with van der Waals surface area (Å²) in [6.07, 6.45) is 9.06. The van der Waals surface area contributed by atoms with Crippen molar-refractivity contribution in [3.05, 3.63) is 12.4 Å². The van der Waals surface area contributed by atoms with Gasteiger partial charge in [-0.25, -0.2) is 4.98 Å². The van der Waals surface area contributed by atoms with E-state index in [1.165, 1.54) is 19.3 Å². The molecule has 1 fully saturated rings. The summed E-state index contributed by atoms with van der Waals surface area (Å²) < 4.78 is 7.55. The van der Waals surface area contributed by atoms with E-state index in [2.05, 4.69) is 21.8 Å². The number of ether oxygens (including phenoxy) is 1. The Morgan fingerprint density at radius 2 is 2.39 bits per heavy atom. The molecule has 0 spiro atoms. The zero-order valence-electron chi connectivity index (χ0n) is 11.6. The maximum Gasteiger partial charge on any atom is 0.202 e. The van der Waals surface area contributed by atoms with Crippen LogP contribution in [0, 0.1) is 5.92 Å². The smallest absolute Gasteiger partial charge is 0.202 e. The summed E-state index contributed by atoms with van der Waals surface area (Å²) in [7, 11) is 0. The van der Waals surface area contributed by atoms with E-state index in [1.54, 1.807) is 0 Å². The number of aromatic nitrogens is 2. The van der Waals surface area contributed by atoms with Gasteiger partial charge in [-0.05, 0) is 39.0 Å². The summed E-state index contributed by atoms with van der Waals surface area (Å²) >= 11 is 0. The van der Waals surface area contributed by atoms with E-state index in [0.717, 1.165) is 38.0 Å². The number of hydrogen-bond acceptors (Lipinski definition) is 3. The maximum absolute atomic E-state index is 5.36. The highest BCUT2D eigenvalue weighted by Gasteiger charge is 2.24. The van der Waals surface area contributed by atoms with Gasteiger partial charge in [0.15, 0.2) is 0 Å². The molecule has 0 amide bonds. The van der Waals surface area contributed by atoms with Crippen molar-refractivity contribution in [3.8, 4) is 0 Å². The number of nitrogens with one attached hydrogen (secondary N) is 1. The molecule has 1 aromatic rings. The molecular weight excluding hydrogens is 226 g/mol. The van der Waals surface area contributed by atoms with Crippen LogP contribution in [0.25, 0.3) is 0 Å². The third kappa shape index (κ3) is 3.48. The fraction of sp³-hybridized carbons (Fsp3) is 0.786. The third-order valence-corrected chi connectivity index (χ3v) is 3.82. The van der Waals surface area contributed by atoms with Crippen molar-refractivity contribution in [2.45, 2.75) is 52.1 Å². The Hall–Kier alpha value is -1.03. The zero-order valence-corrected chi connectivity index (χ0v) is 11.6. The van der Waals surface area contributed by atoms with Gasteiger partial charge in [0, 0.05) is 38.2 Å². The van der Waals surface area contributed by atoms with Crippen LogP contribution in [0.15, 0.2) is 12.4 Å². The molecule has 4 nitrogen and oxygen atoms in total. The average molecular weight is 251 g/mol. The monoisotopic (exact) mass is 251 g/mol. The summed E-state index contributed by atoms with van der Waals surface area (Å²) in [6.45, 7) is 6.90. The van der Waals surface area contributed by atoms with Crippen molar-refractivity contribution in [1.29, 1.82) is 0 Å². The van der Waals surface area contributed by atoms with Crippen molar-refractivity contribution in [2.24, 2.45) is 5.92 Å². The van der Waals surface area contributed by atoms with Gasteiger partial charge in [-0.2, -0.15) is 0 Å². The van der Waals surface area contributed by atoms with E-state index in [1.807, 2.05) is 19.3 Å². The van der Waals surface area contributed by atoms with E-state index < -0.39 is 0 Å². The fourth-order valence-electron chi connectivity index (χ4n) is 2.37. The van der Waals surface area contributed by atoms with Crippen LogP contribution in [-0.4, -0.2) is 28.8 Å². The number of rotatable bonds is 8. The van der Waals surface area contributed by atoms with Crippen LogP contribution in [0.1, 0.15) is 39.5 Å². The van der Waals surface area contributed by atoms with Crippen molar-refractivity contribution >= 4 is 5.95 Å². The van der Waals surface area contributed by atoms with E-state index in [9.17, 15) is 0 Å². The molecule has 18 heavy (non-hydrogen) atoms. The lowest BCUT2D eigenvalue weighted by molar-refractivity contribution is 0.141. The van der Waals surface area contributed by atoms with E-state index >= 15 is 0 Å². The predicted octanol–water partition coefficient (Wildman–Crippen LogP) is 2.91. The Labute approximate surface area is 110 Å². The van der Waals surface area contributed by atoms with Crippen LogP contribution in [0.2, 0.25) is 0 Å². The van der Waals surface area contributed by atoms with Crippen LogP contribution in [-0.2, 0) is 11.3 Å². The van der Waals surface area contributed by atoms with Gasteiger partial charge in [-0.15, -0.1) is 0 Å². The number of anilines is 1. The van der Waals surface area contributed by atoms with Crippen LogP contribution >= 0.6 is 0 Å². The van der Waals surface area contributed by atoms with E-state index in [0.29, 0.717) is 6.04 Å². The highest BCUT2D eigenvalue weighted by molar-refractivity contribution is 5.27. The molecule has 1 atom stereocenters. The van der Waals surface area contributed by atoms with Crippen molar-refractivity contribution < 1.29 is 4.74 Å². The number of hydrogen-bond donors (Lipinski definition) is 1. The Kier molecular flexibility index (Phi) is 5.05. The van der Waals surface area contributed by atoms with Gasteiger partial charge in [-0.3, -0.25) is 0 Å². The quantitative estimate of drug-likeness (QED) is 0.722. The van der Waals surface area contributed by atoms with Crippen LogP contribution < -0.4 is 5.32 Å². The first-order chi connectivity index (χ1) is 8.81. The summed E-state index contributed by atoms with van der Waals surface area (Å²) in [5.74, 6) is 1.84. The minimum Gasteiger partial charge on any atom is -0.382 e. The molecular formula is C14H25N3O. The summed E-state index contributed by atoms with van der Waals surface area (Å²) in [4.78, 5) is 4.41. The normalized spacial score (nSPS) is 17.4. The molecule has 1 heterocycles. The average Bonchev–Trinajstić information content (AvgIpc) is 2.69. The van der Waals surface area contributed by atoms with Crippen LogP contribution in [0.5, 0.6) is 0 Å². The molecule has 1 aliphatic carbocycles. The third-order valence-electron chi connectivity index (χ3n) is 3.82. The zero-order chi connectivity index (χ0) is 12.8. The van der Waals surface area contributed by atoms with Gasteiger partial charge < -0.3 is 14.6 Å². The van der Waals surface area contributed by atoms with Crippen LogP contribution in [0.4, 0.5) is 5.95 Å². The molecule has 1 saturated carbocycles. The molecule has 1 unspecified atom stereocenters. The Bertz CT molecular complexity index is 347. The highest BCUT2D eigenvalue weighted by atomic mass is 16.5. The lowest BCUT2D eigenvalue weighted by Gasteiger charge is -2.32. The number of aryl methyl sites for hydroxylation is 1. The maximum atomic E-state index is 5.36. The fourth-order valence-corrected chi connectivity index (χ4v) is 2.37. The van der Waals surface area contributed by atoms with Gasteiger partial charge in [-0.1, -0.05) is 6.42 Å². The Morgan fingerprint density at radius 1 is 1.56 bits per heavy atom.